The second-order valence-electron chi connectivity index (χ2n) is 5.77. The summed E-state index contributed by atoms with van der Waals surface area (Å²) in [5, 5.41) is 13.2. The van der Waals surface area contributed by atoms with Gasteiger partial charge in [0, 0.05) is 22.2 Å². The first-order valence-electron chi connectivity index (χ1n) is 8.30. The molecule has 8 heteroatoms. The number of hydrogen-bond acceptors (Lipinski definition) is 4. The Morgan fingerprint density at radius 3 is 2.41 bits per heavy atom. The maximum absolute atomic E-state index is 10.9. The number of carboxylic acid groups (broad SMARTS) is 1. The maximum atomic E-state index is 10.9. The Morgan fingerprint density at radius 2 is 1.81 bits per heavy atom. The quantitative estimate of drug-likeness (QED) is 0.571. The molecule has 0 aliphatic heterocycles. The van der Waals surface area contributed by atoms with Gasteiger partial charge in [-0.2, -0.15) is 0 Å². The molecule has 5 nitrogen and oxygen atoms in total. The van der Waals surface area contributed by atoms with E-state index in [2.05, 4.69) is 5.32 Å². The van der Waals surface area contributed by atoms with E-state index in [0.717, 1.165) is 5.56 Å². The highest BCUT2D eigenvalue weighted by Crippen LogP contribution is 2.38. The fourth-order valence-electron chi connectivity index (χ4n) is 2.30. The van der Waals surface area contributed by atoms with E-state index in [-0.39, 0.29) is 6.61 Å². The second-order valence-corrected chi connectivity index (χ2v) is 6.99. The molecule has 0 saturated carbocycles. The van der Waals surface area contributed by atoms with Crippen LogP contribution in [0.2, 0.25) is 15.1 Å². The molecule has 0 bridgehead atoms. The number of ether oxygens (including phenoxy) is 2. The fraction of sp³-hybridized carbons (Fsp3) is 0.316. The van der Waals surface area contributed by atoms with E-state index in [1.807, 2.05) is 6.92 Å². The third-order valence-electron chi connectivity index (χ3n) is 3.77. The minimum Gasteiger partial charge on any atom is -0.490 e. The molecule has 146 valence electrons. The Kier molecular flexibility index (Phi) is 8.05. The van der Waals surface area contributed by atoms with Crippen molar-refractivity contribution in [2.75, 3.05) is 6.61 Å². The van der Waals surface area contributed by atoms with Gasteiger partial charge in [-0.05, 0) is 43.7 Å². The predicted molar refractivity (Wildman–Crippen MR) is 107 cm³/mol. The summed E-state index contributed by atoms with van der Waals surface area (Å²) >= 11 is 18.7. The van der Waals surface area contributed by atoms with Crippen LogP contribution in [0.1, 0.15) is 25.0 Å². The van der Waals surface area contributed by atoms with E-state index in [4.69, 9.17) is 49.4 Å². The van der Waals surface area contributed by atoms with Crippen LogP contribution >= 0.6 is 34.8 Å². The van der Waals surface area contributed by atoms with Gasteiger partial charge in [-0.25, -0.2) is 0 Å². The molecule has 0 saturated heterocycles. The molecular formula is C19H20Cl3NO4. The first-order chi connectivity index (χ1) is 12.8. The summed E-state index contributed by atoms with van der Waals surface area (Å²) in [6.45, 7) is 4.29. The smallest absolute Gasteiger partial charge is 0.320 e. The number of carbonyl (C=O) groups is 1. The van der Waals surface area contributed by atoms with Crippen LogP contribution in [0.15, 0.2) is 30.3 Å². The topological polar surface area (TPSA) is 67.8 Å². The molecule has 2 aromatic rings. The molecule has 0 heterocycles. The van der Waals surface area contributed by atoms with Gasteiger partial charge in [-0.3, -0.25) is 4.79 Å². The Morgan fingerprint density at radius 1 is 1.15 bits per heavy atom. The number of hydrogen-bond donors (Lipinski definition) is 2. The summed E-state index contributed by atoms with van der Waals surface area (Å²) in [5.74, 6) is -0.0832. The van der Waals surface area contributed by atoms with Crippen molar-refractivity contribution in [2.24, 2.45) is 0 Å². The van der Waals surface area contributed by atoms with Crippen molar-refractivity contribution in [3.63, 3.8) is 0 Å². The standard InChI is InChI=1S/C19H20Cl3NO4/c1-3-26-17-8-12(9-23-11(2)19(24)25)7-16(22)18(17)27-10-13-14(20)5-4-6-15(13)21/h4-8,11,23H,3,9-10H2,1-2H3,(H,24,25). The average molecular weight is 433 g/mol. The van der Waals surface area contributed by atoms with E-state index in [1.54, 1.807) is 37.3 Å². The molecule has 0 spiro atoms. The summed E-state index contributed by atoms with van der Waals surface area (Å²) in [6, 6.07) is 8.01. The molecule has 2 N–H and O–H groups in total. The van der Waals surface area contributed by atoms with E-state index >= 15 is 0 Å². The van der Waals surface area contributed by atoms with Gasteiger partial charge in [-0.1, -0.05) is 40.9 Å². The number of halogens is 3. The average Bonchev–Trinajstić information content (AvgIpc) is 2.61. The molecule has 1 unspecified atom stereocenters. The zero-order valence-electron chi connectivity index (χ0n) is 14.9. The summed E-state index contributed by atoms with van der Waals surface area (Å²) in [5.41, 5.74) is 1.43. The lowest BCUT2D eigenvalue weighted by Gasteiger charge is -2.17. The summed E-state index contributed by atoms with van der Waals surface area (Å²) in [4.78, 5) is 10.9. The van der Waals surface area contributed by atoms with E-state index in [9.17, 15) is 4.79 Å². The number of nitrogens with one attached hydrogen (secondary N) is 1. The highest BCUT2D eigenvalue weighted by molar-refractivity contribution is 6.36. The highest BCUT2D eigenvalue weighted by Gasteiger charge is 2.16. The summed E-state index contributed by atoms with van der Waals surface area (Å²) in [6.07, 6.45) is 0. The number of rotatable bonds is 9. The van der Waals surface area contributed by atoms with Crippen molar-refractivity contribution in [2.45, 2.75) is 33.0 Å². The number of aliphatic carboxylic acids is 1. The van der Waals surface area contributed by atoms with Crippen molar-refractivity contribution >= 4 is 40.8 Å². The van der Waals surface area contributed by atoms with E-state index in [0.29, 0.717) is 45.3 Å². The second kappa shape index (κ2) is 10.0. The SMILES string of the molecule is CCOc1cc(CNC(C)C(=O)O)cc(Cl)c1OCc1c(Cl)cccc1Cl. The van der Waals surface area contributed by atoms with Crippen molar-refractivity contribution in [3.05, 3.63) is 56.5 Å². The maximum Gasteiger partial charge on any atom is 0.320 e. The largest absolute Gasteiger partial charge is 0.490 e. The van der Waals surface area contributed by atoms with Crippen LogP contribution in [0.5, 0.6) is 11.5 Å². The van der Waals surface area contributed by atoms with E-state index < -0.39 is 12.0 Å². The van der Waals surface area contributed by atoms with Crippen LogP contribution in [0.3, 0.4) is 0 Å². The van der Waals surface area contributed by atoms with Crippen LogP contribution in [0.25, 0.3) is 0 Å². The molecule has 1 atom stereocenters. The predicted octanol–water partition coefficient (Wildman–Crippen LogP) is 5.19. The third kappa shape index (κ3) is 5.91. The molecule has 0 amide bonds. The van der Waals surface area contributed by atoms with Gasteiger partial charge >= 0.3 is 5.97 Å². The van der Waals surface area contributed by atoms with Crippen molar-refractivity contribution < 1.29 is 19.4 Å². The number of benzene rings is 2. The van der Waals surface area contributed by atoms with Gasteiger partial charge in [0.2, 0.25) is 0 Å². The normalized spacial score (nSPS) is 11.9. The Balaban J connectivity index is 2.21. The fourth-order valence-corrected chi connectivity index (χ4v) is 3.09. The molecule has 0 aliphatic rings. The molecule has 0 aromatic heterocycles. The Bertz CT molecular complexity index is 794. The van der Waals surface area contributed by atoms with Gasteiger partial charge in [0.15, 0.2) is 11.5 Å². The molecular weight excluding hydrogens is 413 g/mol. The van der Waals surface area contributed by atoms with Crippen LogP contribution < -0.4 is 14.8 Å². The summed E-state index contributed by atoms with van der Waals surface area (Å²) in [7, 11) is 0. The van der Waals surface area contributed by atoms with E-state index in [1.165, 1.54) is 0 Å². The lowest BCUT2D eigenvalue weighted by atomic mass is 10.1. The molecule has 0 radical (unpaired) electrons. The van der Waals surface area contributed by atoms with Gasteiger partial charge in [0.25, 0.3) is 0 Å². The van der Waals surface area contributed by atoms with Crippen LogP contribution in [-0.2, 0) is 17.9 Å². The van der Waals surface area contributed by atoms with Gasteiger partial charge in [0.05, 0.1) is 11.6 Å². The van der Waals surface area contributed by atoms with Crippen LogP contribution in [-0.4, -0.2) is 23.7 Å². The lowest BCUT2D eigenvalue weighted by Crippen LogP contribution is -2.33. The molecule has 0 fully saturated rings. The molecule has 0 aliphatic carbocycles. The summed E-state index contributed by atoms with van der Waals surface area (Å²) < 4.78 is 11.5. The minimum absolute atomic E-state index is 0.131. The van der Waals surface area contributed by atoms with Crippen LogP contribution in [0.4, 0.5) is 0 Å². The minimum atomic E-state index is -0.928. The Hall–Kier alpha value is -1.66. The molecule has 2 aromatic carbocycles. The zero-order valence-corrected chi connectivity index (χ0v) is 17.2. The van der Waals surface area contributed by atoms with Crippen molar-refractivity contribution in [3.8, 4) is 11.5 Å². The van der Waals surface area contributed by atoms with Crippen molar-refractivity contribution in [1.29, 1.82) is 0 Å². The third-order valence-corrected chi connectivity index (χ3v) is 4.76. The Labute approximate surface area is 173 Å². The van der Waals surface area contributed by atoms with Gasteiger partial charge in [-0.15, -0.1) is 0 Å². The number of carboxylic acids is 1. The monoisotopic (exact) mass is 431 g/mol. The van der Waals surface area contributed by atoms with Crippen molar-refractivity contribution in [1.82, 2.24) is 5.32 Å². The first kappa shape index (κ1) is 21.6. The van der Waals surface area contributed by atoms with Crippen LogP contribution in [0, 0.1) is 0 Å². The zero-order chi connectivity index (χ0) is 20.0. The molecule has 2 rings (SSSR count). The highest BCUT2D eigenvalue weighted by atomic mass is 35.5. The van der Waals surface area contributed by atoms with Gasteiger partial charge in [0.1, 0.15) is 12.6 Å². The lowest BCUT2D eigenvalue weighted by molar-refractivity contribution is -0.139. The molecule has 27 heavy (non-hydrogen) atoms. The first-order valence-corrected chi connectivity index (χ1v) is 9.44. The van der Waals surface area contributed by atoms with Gasteiger partial charge < -0.3 is 19.9 Å².